The number of anilines is 1. The molecule has 1 saturated heterocycles. The van der Waals surface area contributed by atoms with Crippen LogP contribution in [0.25, 0.3) is 10.8 Å². The van der Waals surface area contributed by atoms with E-state index in [1.54, 1.807) is 54.4 Å². The van der Waals surface area contributed by atoms with Crippen molar-refractivity contribution in [3.05, 3.63) is 71.8 Å². The molecule has 4 rings (SSSR count). The fourth-order valence-electron chi connectivity index (χ4n) is 4.36. The SMILES string of the molecule is CCOC(=O)C1CCCN(NS(=O)(=O)c2ccc(NC(=O)c3ccccc3C)c3ccccc23)C1. The first-order chi connectivity index (χ1) is 16.8. The molecule has 0 bridgehead atoms. The van der Waals surface area contributed by atoms with E-state index in [2.05, 4.69) is 10.1 Å². The van der Waals surface area contributed by atoms with E-state index in [1.165, 1.54) is 6.07 Å². The smallest absolute Gasteiger partial charge is 0.310 e. The summed E-state index contributed by atoms with van der Waals surface area (Å²) in [4.78, 5) is 27.7. The lowest BCUT2D eigenvalue weighted by atomic mass is 9.99. The normalized spacial score (nSPS) is 16.7. The van der Waals surface area contributed by atoms with Gasteiger partial charge in [0.05, 0.1) is 17.4 Å². The topological polar surface area (TPSA) is 105 Å². The van der Waals surface area contributed by atoms with E-state index in [0.29, 0.717) is 48.0 Å². The minimum atomic E-state index is -3.94. The summed E-state index contributed by atoms with van der Waals surface area (Å²) in [6.07, 6.45) is 1.34. The van der Waals surface area contributed by atoms with Crippen LogP contribution in [0.15, 0.2) is 65.6 Å². The number of aryl methyl sites for hydroxylation is 1. The van der Waals surface area contributed by atoms with E-state index >= 15 is 0 Å². The Hall–Kier alpha value is -3.27. The standard InChI is InChI=1S/C26H29N3O5S/c1-3-34-26(31)19-10-8-16-29(17-19)28-35(32,33)24-15-14-23(21-12-6-7-13-22(21)24)27-25(30)20-11-5-4-9-18(20)2/h4-7,9,11-15,19,28H,3,8,10,16-17H2,1-2H3,(H,27,30). The number of nitrogens with one attached hydrogen (secondary N) is 2. The van der Waals surface area contributed by atoms with Crippen LogP contribution >= 0.6 is 0 Å². The Morgan fingerprint density at radius 3 is 2.49 bits per heavy atom. The zero-order valence-electron chi connectivity index (χ0n) is 19.8. The highest BCUT2D eigenvalue weighted by Gasteiger charge is 2.30. The van der Waals surface area contributed by atoms with Gasteiger partial charge in [-0.1, -0.05) is 42.5 Å². The molecule has 1 fully saturated rings. The lowest BCUT2D eigenvalue weighted by Crippen LogP contribution is -2.49. The van der Waals surface area contributed by atoms with Crippen molar-refractivity contribution in [3.63, 3.8) is 0 Å². The molecule has 0 aromatic heterocycles. The van der Waals surface area contributed by atoms with Crippen LogP contribution in [0.2, 0.25) is 0 Å². The first-order valence-electron chi connectivity index (χ1n) is 11.6. The molecule has 184 valence electrons. The third-order valence-corrected chi connectivity index (χ3v) is 7.54. The zero-order valence-corrected chi connectivity index (χ0v) is 20.6. The van der Waals surface area contributed by atoms with Gasteiger partial charge in [-0.3, -0.25) is 9.59 Å². The molecule has 1 amide bonds. The molecule has 0 aliphatic carbocycles. The molecular weight excluding hydrogens is 466 g/mol. The van der Waals surface area contributed by atoms with Gasteiger partial charge in [-0.25, -0.2) is 13.4 Å². The van der Waals surface area contributed by atoms with E-state index in [9.17, 15) is 18.0 Å². The highest BCUT2D eigenvalue weighted by molar-refractivity contribution is 7.89. The quantitative estimate of drug-likeness (QED) is 0.482. The molecule has 35 heavy (non-hydrogen) atoms. The molecule has 0 radical (unpaired) electrons. The number of fused-ring (bicyclic) bond motifs is 1. The second-order valence-corrected chi connectivity index (χ2v) is 10.2. The van der Waals surface area contributed by atoms with Crippen molar-refractivity contribution in [2.45, 2.75) is 31.6 Å². The van der Waals surface area contributed by atoms with Gasteiger partial charge in [-0.05, 0) is 50.5 Å². The number of sulfonamides is 1. The first-order valence-corrected chi connectivity index (χ1v) is 13.1. The largest absolute Gasteiger partial charge is 0.466 e. The summed E-state index contributed by atoms with van der Waals surface area (Å²) in [5, 5.41) is 5.57. The van der Waals surface area contributed by atoms with Crippen LogP contribution in [-0.4, -0.2) is 45.0 Å². The second kappa shape index (κ2) is 10.6. The van der Waals surface area contributed by atoms with Crippen LogP contribution in [0.3, 0.4) is 0 Å². The number of carbonyl (C=O) groups excluding carboxylic acids is 2. The average Bonchev–Trinajstić information content (AvgIpc) is 2.84. The molecule has 3 aromatic rings. The molecule has 8 nitrogen and oxygen atoms in total. The Morgan fingerprint density at radius 2 is 1.74 bits per heavy atom. The molecule has 1 unspecified atom stereocenters. The van der Waals surface area contributed by atoms with Crippen LogP contribution in [0.4, 0.5) is 5.69 Å². The van der Waals surface area contributed by atoms with E-state index in [1.807, 2.05) is 19.1 Å². The molecule has 3 aromatic carbocycles. The Balaban J connectivity index is 1.60. The van der Waals surface area contributed by atoms with Crippen LogP contribution in [-0.2, 0) is 19.6 Å². The van der Waals surface area contributed by atoms with Gasteiger partial charge in [0.1, 0.15) is 0 Å². The molecule has 1 aliphatic heterocycles. The summed E-state index contributed by atoms with van der Waals surface area (Å²) in [5.74, 6) is -0.946. The monoisotopic (exact) mass is 495 g/mol. The Kier molecular flexibility index (Phi) is 7.49. The van der Waals surface area contributed by atoms with Gasteiger partial charge in [0, 0.05) is 35.1 Å². The number of esters is 1. The van der Waals surface area contributed by atoms with Gasteiger partial charge in [-0.15, -0.1) is 4.83 Å². The van der Waals surface area contributed by atoms with Crippen molar-refractivity contribution in [1.29, 1.82) is 0 Å². The Bertz CT molecular complexity index is 1360. The average molecular weight is 496 g/mol. The summed E-state index contributed by atoms with van der Waals surface area (Å²) in [5.41, 5.74) is 1.92. The molecular formula is C26H29N3O5S. The van der Waals surface area contributed by atoms with Gasteiger partial charge >= 0.3 is 5.97 Å². The van der Waals surface area contributed by atoms with Crippen molar-refractivity contribution in [2.24, 2.45) is 5.92 Å². The van der Waals surface area contributed by atoms with Crippen molar-refractivity contribution < 1.29 is 22.7 Å². The number of ether oxygens (including phenoxy) is 1. The fourth-order valence-corrected chi connectivity index (χ4v) is 5.68. The molecule has 1 heterocycles. The number of amides is 1. The third kappa shape index (κ3) is 5.53. The number of carbonyl (C=O) groups is 2. The van der Waals surface area contributed by atoms with E-state index in [0.717, 1.165) is 5.56 Å². The maximum Gasteiger partial charge on any atom is 0.310 e. The second-order valence-electron chi connectivity index (χ2n) is 8.56. The van der Waals surface area contributed by atoms with Crippen molar-refractivity contribution in [2.75, 3.05) is 25.0 Å². The van der Waals surface area contributed by atoms with Crippen molar-refractivity contribution in [3.8, 4) is 0 Å². The maximum atomic E-state index is 13.4. The number of hydrogen-bond acceptors (Lipinski definition) is 6. The molecule has 9 heteroatoms. The van der Waals surface area contributed by atoms with E-state index in [4.69, 9.17) is 4.74 Å². The summed E-state index contributed by atoms with van der Waals surface area (Å²) in [6, 6.07) is 17.4. The van der Waals surface area contributed by atoms with Gasteiger partial charge in [0.15, 0.2) is 0 Å². The minimum Gasteiger partial charge on any atom is -0.466 e. The molecule has 1 aliphatic rings. The number of nitrogens with zero attached hydrogens (tertiary/aromatic N) is 1. The van der Waals surface area contributed by atoms with Crippen LogP contribution in [0, 0.1) is 12.8 Å². The van der Waals surface area contributed by atoms with Crippen LogP contribution in [0.5, 0.6) is 0 Å². The number of rotatable bonds is 7. The Labute approximate surface area is 205 Å². The highest BCUT2D eigenvalue weighted by Crippen LogP contribution is 2.30. The summed E-state index contributed by atoms with van der Waals surface area (Å²) >= 11 is 0. The van der Waals surface area contributed by atoms with Crippen LogP contribution in [0.1, 0.15) is 35.7 Å². The predicted octanol–water partition coefficient (Wildman–Crippen LogP) is 3.87. The fraction of sp³-hybridized carbons (Fsp3) is 0.308. The number of hydrazine groups is 1. The highest BCUT2D eigenvalue weighted by atomic mass is 32.2. The summed E-state index contributed by atoms with van der Waals surface area (Å²) in [7, 11) is -3.94. The van der Waals surface area contributed by atoms with Crippen molar-refractivity contribution >= 4 is 38.4 Å². The first kappa shape index (κ1) is 24.8. The summed E-state index contributed by atoms with van der Waals surface area (Å²) < 4.78 is 31.8. The van der Waals surface area contributed by atoms with Crippen molar-refractivity contribution in [1.82, 2.24) is 9.84 Å². The summed E-state index contributed by atoms with van der Waals surface area (Å²) in [6.45, 7) is 4.65. The molecule has 0 spiro atoms. The van der Waals surface area contributed by atoms with E-state index in [-0.39, 0.29) is 29.2 Å². The lowest BCUT2D eigenvalue weighted by molar-refractivity contribution is -0.150. The van der Waals surface area contributed by atoms with Crippen LogP contribution < -0.4 is 10.1 Å². The zero-order chi connectivity index (χ0) is 25.0. The number of piperidine rings is 1. The molecule has 0 saturated carbocycles. The number of hydrogen-bond donors (Lipinski definition) is 2. The third-order valence-electron chi connectivity index (χ3n) is 6.10. The number of benzene rings is 3. The molecule has 2 N–H and O–H groups in total. The van der Waals surface area contributed by atoms with Gasteiger partial charge in [0.25, 0.3) is 15.9 Å². The van der Waals surface area contributed by atoms with Gasteiger partial charge in [-0.2, -0.15) is 0 Å². The minimum absolute atomic E-state index is 0.0975. The van der Waals surface area contributed by atoms with Gasteiger partial charge in [0.2, 0.25) is 0 Å². The lowest BCUT2D eigenvalue weighted by Gasteiger charge is -2.31. The predicted molar refractivity (Wildman–Crippen MR) is 134 cm³/mol. The maximum absolute atomic E-state index is 13.4. The van der Waals surface area contributed by atoms with Gasteiger partial charge < -0.3 is 10.1 Å². The Morgan fingerprint density at radius 1 is 1.03 bits per heavy atom. The molecule has 1 atom stereocenters. The van der Waals surface area contributed by atoms with E-state index < -0.39 is 10.0 Å².